The molecule has 1 aromatic rings. The Balaban J connectivity index is 2.35. The minimum absolute atomic E-state index is 0.247. The van der Waals surface area contributed by atoms with Crippen molar-refractivity contribution in [1.29, 1.82) is 0 Å². The molecule has 0 aliphatic rings. The highest BCUT2D eigenvalue weighted by Crippen LogP contribution is 2.22. The molecule has 16 heavy (non-hydrogen) atoms. The zero-order chi connectivity index (χ0) is 12.2. The maximum Gasteiger partial charge on any atom is 0.401 e. The Morgan fingerprint density at radius 2 is 1.81 bits per heavy atom. The Morgan fingerprint density at radius 1 is 1.12 bits per heavy atom. The normalized spacial score (nSPS) is 11.8. The first-order valence-corrected chi connectivity index (χ1v) is 5.35. The number of halogens is 5. The predicted octanol–water partition coefficient (Wildman–Crippen LogP) is 3.69. The van der Waals surface area contributed by atoms with Crippen molar-refractivity contribution in [3.8, 4) is 0 Å². The molecular weight excluding hydrogens is 262 g/mol. The molecule has 6 heteroatoms. The third kappa shape index (κ3) is 5.05. The fourth-order valence-electron chi connectivity index (χ4n) is 1.16. The summed E-state index contributed by atoms with van der Waals surface area (Å²) in [5, 5.41) is 3.16. The second-order valence-electron chi connectivity index (χ2n) is 3.29. The van der Waals surface area contributed by atoms with Crippen molar-refractivity contribution in [2.45, 2.75) is 12.6 Å². The Morgan fingerprint density at radius 3 is 2.38 bits per heavy atom. The van der Waals surface area contributed by atoms with Crippen LogP contribution in [0.1, 0.15) is 5.56 Å². The third-order valence-corrected chi connectivity index (χ3v) is 2.64. The number of hydrogen-bond donors (Lipinski definition) is 1. The van der Waals surface area contributed by atoms with Crippen LogP contribution in [0, 0.1) is 0 Å². The quantitative estimate of drug-likeness (QED) is 0.824. The van der Waals surface area contributed by atoms with Crippen molar-refractivity contribution in [3.05, 3.63) is 33.8 Å². The van der Waals surface area contributed by atoms with E-state index < -0.39 is 12.7 Å². The molecule has 0 aromatic heterocycles. The van der Waals surface area contributed by atoms with Crippen LogP contribution in [0.3, 0.4) is 0 Å². The molecule has 1 N–H and O–H groups in total. The standard InChI is InChI=1S/C10H10Cl2F3N/c11-8-2-1-7(5-9(8)12)3-4-16-6-10(13,14)15/h1-2,5,16H,3-4,6H2. The molecule has 0 radical (unpaired) electrons. The minimum Gasteiger partial charge on any atom is -0.308 e. The van der Waals surface area contributed by atoms with Crippen LogP contribution in [-0.4, -0.2) is 19.3 Å². The van der Waals surface area contributed by atoms with Gasteiger partial charge in [-0.15, -0.1) is 0 Å². The zero-order valence-corrected chi connectivity index (χ0v) is 9.76. The van der Waals surface area contributed by atoms with Gasteiger partial charge in [0.15, 0.2) is 0 Å². The summed E-state index contributed by atoms with van der Waals surface area (Å²) in [6.07, 6.45) is -3.69. The number of hydrogen-bond acceptors (Lipinski definition) is 1. The van der Waals surface area contributed by atoms with Crippen molar-refractivity contribution in [3.63, 3.8) is 0 Å². The van der Waals surface area contributed by atoms with Crippen LogP contribution >= 0.6 is 23.2 Å². The van der Waals surface area contributed by atoms with Crippen LogP contribution < -0.4 is 5.32 Å². The highest BCUT2D eigenvalue weighted by atomic mass is 35.5. The molecule has 0 amide bonds. The first-order chi connectivity index (χ1) is 7.38. The van der Waals surface area contributed by atoms with Gasteiger partial charge in [0.2, 0.25) is 0 Å². The zero-order valence-electron chi connectivity index (χ0n) is 8.24. The fraction of sp³-hybridized carbons (Fsp3) is 0.400. The lowest BCUT2D eigenvalue weighted by Gasteiger charge is -2.08. The highest BCUT2D eigenvalue weighted by molar-refractivity contribution is 6.42. The predicted molar refractivity (Wildman–Crippen MR) is 59.1 cm³/mol. The molecular formula is C10H10Cl2F3N. The molecule has 1 rings (SSSR count). The largest absolute Gasteiger partial charge is 0.401 e. The molecule has 1 aromatic carbocycles. The van der Waals surface area contributed by atoms with E-state index in [2.05, 4.69) is 5.32 Å². The van der Waals surface area contributed by atoms with Crippen LogP contribution in [0.15, 0.2) is 18.2 Å². The molecule has 1 nitrogen and oxygen atoms in total. The van der Waals surface area contributed by atoms with Crippen LogP contribution in [-0.2, 0) is 6.42 Å². The lowest BCUT2D eigenvalue weighted by molar-refractivity contribution is -0.124. The maximum atomic E-state index is 11.8. The van der Waals surface area contributed by atoms with E-state index in [0.29, 0.717) is 16.5 Å². The van der Waals surface area contributed by atoms with Gasteiger partial charge >= 0.3 is 6.18 Å². The molecule has 0 fully saturated rings. The number of benzene rings is 1. The average molecular weight is 272 g/mol. The van der Waals surface area contributed by atoms with Crippen LogP contribution in [0.4, 0.5) is 13.2 Å². The van der Waals surface area contributed by atoms with Crippen molar-refractivity contribution >= 4 is 23.2 Å². The molecule has 0 saturated carbocycles. The van der Waals surface area contributed by atoms with Crippen molar-refractivity contribution in [1.82, 2.24) is 5.32 Å². The van der Waals surface area contributed by atoms with E-state index in [4.69, 9.17) is 23.2 Å². The first kappa shape index (κ1) is 13.6. The van der Waals surface area contributed by atoms with Gasteiger partial charge in [-0.05, 0) is 30.7 Å². The third-order valence-electron chi connectivity index (χ3n) is 1.90. The molecule has 0 saturated heterocycles. The maximum absolute atomic E-state index is 11.8. The molecule has 0 atom stereocenters. The van der Waals surface area contributed by atoms with Gasteiger partial charge in [-0.25, -0.2) is 0 Å². The van der Waals surface area contributed by atoms with E-state index in [1.54, 1.807) is 18.2 Å². The Hall–Kier alpha value is -0.450. The first-order valence-electron chi connectivity index (χ1n) is 4.60. The monoisotopic (exact) mass is 271 g/mol. The summed E-state index contributed by atoms with van der Waals surface area (Å²) < 4.78 is 35.4. The van der Waals surface area contributed by atoms with Gasteiger partial charge in [-0.2, -0.15) is 13.2 Å². The van der Waals surface area contributed by atoms with Gasteiger partial charge in [0.25, 0.3) is 0 Å². The Kier molecular flexibility index (Phi) is 4.89. The van der Waals surface area contributed by atoms with Gasteiger partial charge < -0.3 is 5.32 Å². The van der Waals surface area contributed by atoms with E-state index in [1.807, 2.05) is 0 Å². The highest BCUT2D eigenvalue weighted by Gasteiger charge is 2.25. The summed E-state index contributed by atoms with van der Waals surface area (Å²) in [5.74, 6) is 0. The Bertz CT molecular complexity index is 352. The summed E-state index contributed by atoms with van der Waals surface area (Å²) in [6.45, 7) is -0.730. The van der Waals surface area contributed by atoms with Gasteiger partial charge in [-0.1, -0.05) is 29.3 Å². The second-order valence-corrected chi connectivity index (χ2v) is 4.10. The lowest BCUT2D eigenvalue weighted by Crippen LogP contribution is -2.30. The van der Waals surface area contributed by atoms with Crippen LogP contribution in [0.25, 0.3) is 0 Å². The molecule has 0 aliphatic carbocycles. The van der Waals surface area contributed by atoms with Gasteiger partial charge in [0.05, 0.1) is 16.6 Å². The molecule has 0 unspecified atom stereocenters. The second kappa shape index (κ2) is 5.75. The molecule has 0 bridgehead atoms. The van der Waals surface area contributed by atoms with E-state index in [0.717, 1.165) is 5.56 Å². The SMILES string of the molecule is FC(F)(F)CNCCc1ccc(Cl)c(Cl)c1. The van der Waals surface area contributed by atoms with Crippen LogP contribution in [0.2, 0.25) is 10.0 Å². The van der Waals surface area contributed by atoms with Crippen molar-refractivity contribution < 1.29 is 13.2 Å². The smallest absolute Gasteiger partial charge is 0.308 e. The van der Waals surface area contributed by atoms with Gasteiger partial charge in [0.1, 0.15) is 0 Å². The van der Waals surface area contributed by atoms with E-state index >= 15 is 0 Å². The van der Waals surface area contributed by atoms with E-state index in [1.165, 1.54) is 0 Å². The average Bonchev–Trinajstić information content (AvgIpc) is 2.17. The minimum atomic E-state index is -4.17. The van der Waals surface area contributed by atoms with Gasteiger partial charge in [0, 0.05) is 0 Å². The molecule has 0 heterocycles. The topological polar surface area (TPSA) is 12.0 Å². The molecule has 90 valence electrons. The summed E-state index contributed by atoms with van der Waals surface area (Å²) >= 11 is 11.5. The molecule has 0 spiro atoms. The van der Waals surface area contributed by atoms with Crippen molar-refractivity contribution in [2.24, 2.45) is 0 Å². The fourth-order valence-corrected chi connectivity index (χ4v) is 1.48. The summed E-state index contributed by atoms with van der Waals surface area (Å²) in [4.78, 5) is 0. The number of alkyl halides is 3. The summed E-state index contributed by atoms with van der Waals surface area (Å²) in [5.41, 5.74) is 0.851. The summed E-state index contributed by atoms with van der Waals surface area (Å²) in [7, 11) is 0. The summed E-state index contributed by atoms with van der Waals surface area (Å²) in [6, 6.07) is 5.02. The lowest BCUT2D eigenvalue weighted by atomic mass is 10.1. The number of rotatable bonds is 4. The van der Waals surface area contributed by atoms with E-state index in [-0.39, 0.29) is 6.54 Å². The van der Waals surface area contributed by atoms with E-state index in [9.17, 15) is 13.2 Å². The van der Waals surface area contributed by atoms with Gasteiger partial charge in [-0.3, -0.25) is 0 Å². The van der Waals surface area contributed by atoms with Crippen LogP contribution in [0.5, 0.6) is 0 Å². The molecule has 0 aliphatic heterocycles. The Labute approximate surface area is 102 Å². The number of nitrogens with one attached hydrogen (secondary N) is 1. The van der Waals surface area contributed by atoms with Crippen molar-refractivity contribution in [2.75, 3.05) is 13.1 Å².